The lowest BCUT2D eigenvalue weighted by Gasteiger charge is -2.30. The lowest BCUT2D eigenvalue weighted by molar-refractivity contribution is 0.0949. The number of benzene rings is 1. The highest BCUT2D eigenvalue weighted by atomic mass is 32.2. The lowest BCUT2D eigenvalue weighted by Crippen LogP contribution is -2.40. The molecule has 0 aromatic heterocycles. The molecule has 1 aromatic rings. The maximum absolute atomic E-state index is 12.6. The first-order valence-corrected chi connectivity index (χ1v) is 9.32. The van der Waals surface area contributed by atoms with E-state index in [0.717, 1.165) is 0 Å². The van der Waals surface area contributed by atoms with Crippen LogP contribution in [0.5, 0.6) is 0 Å². The summed E-state index contributed by atoms with van der Waals surface area (Å²) in [5, 5.41) is 11.0. The van der Waals surface area contributed by atoms with E-state index >= 15 is 0 Å². The van der Waals surface area contributed by atoms with Crippen LogP contribution < -0.4 is 20.7 Å². The van der Waals surface area contributed by atoms with E-state index in [-0.39, 0.29) is 16.8 Å². The fourth-order valence-electron chi connectivity index (χ4n) is 2.40. The minimum Gasteiger partial charge on any atom is -0.378 e. The molecule has 1 fully saturated rings. The summed E-state index contributed by atoms with van der Waals surface area (Å²) in [5.41, 5.74) is 0.979. The Morgan fingerprint density at radius 2 is 2.04 bits per heavy atom. The van der Waals surface area contributed by atoms with Crippen LogP contribution in [-0.2, 0) is 14.8 Å². The zero-order valence-electron chi connectivity index (χ0n) is 13.9. The summed E-state index contributed by atoms with van der Waals surface area (Å²) >= 11 is 0. The van der Waals surface area contributed by atoms with E-state index < -0.39 is 10.0 Å². The molecule has 0 radical (unpaired) electrons. The van der Waals surface area contributed by atoms with Gasteiger partial charge in [0.2, 0.25) is 10.0 Å². The Bertz CT molecular complexity index is 687. The normalized spacial score (nSPS) is 16.7. The molecular weight excluding hydrogens is 332 g/mol. The molecule has 2 rings (SSSR count). The second-order valence-electron chi connectivity index (χ2n) is 5.72. The Morgan fingerprint density at radius 1 is 1.38 bits per heavy atom. The van der Waals surface area contributed by atoms with E-state index in [9.17, 15) is 13.2 Å². The third kappa shape index (κ3) is 4.67. The van der Waals surface area contributed by atoms with E-state index in [1.807, 2.05) is 11.8 Å². The average molecular weight is 356 g/mol. The van der Waals surface area contributed by atoms with Crippen LogP contribution in [-0.4, -0.2) is 60.3 Å². The van der Waals surface area contributed by atoms with Gasteiger partial charge in [-0.3, -0.25) is 4.79 Å². The largest absolute Gasteiger partial charge is 0.378 e. The molecule has 1 unspecified atom stereocenters. The molecule has 1 aliphatic heterocycles. The first kappa shape index (κ1) is 18.7. The Labute approximate surface area is 142 Å². The van der Waals surface area contributed by atoms with Crippen molar-refractivity contribution in [2.24, 2.45) is 5.14 Å². The summed E-state index contributed by atoms with van der Waals surface area (Å²) in [7, 11) is -2.07. The van der Waals surface area contributed by atoms with E-state index in [1.165, 1.54) is 12.1 Å². The zero-order chi connectivity index (χ0) is 17.7. The van der Waals surface area contributed by atoms with Gasteiger partial charge in [-0.05, 0) is 32.2 Å². The zero-order valence-corrected chi connectivity index (χ0v) is 14.7. The number of ether oxygens (including phenoxy) is 1. The molecule has 1 heterocycles. The van der Waals surface area contributed by atoms with Crippen molar-refractivity contribution in [3.05, 3.63) is 23.8 Å². The number of nitrogens with zero attached hydrogens (tertiary/aromatic N) is 1. The van der Waals surface area contributed by atoms with E-state index in [2.05, 4.69) is 10.6 Å². The third-order valence-corrected chi connectivity index (χ3v) is 4.87. The standard InChI is InChI=1S/C15H24N4O4S/c1-11(17-2)10-18-15(20)13-9-12(24(16,21)22)3-4-14(13)19-5-7-23-8-6-19/h3-4,9,11,17H,5-8,10H2,1-2H3,(H,18,20)(H2,16,21,22). The van der Waals surface area contributed by atoms with Crippen LogP contribution in [0.25, 0.3) is 0 Å². The van der Waals surface area contributed by atoms with Crippen molar-refractivity contribution in [1.29, 1.82) is 0 Å². The number of morpholine rings is 1. The monoisotopic (exact) mass is 356 g/mol. The quantitative estimate of drug-likeness (QED) is 0.634. The second kappa shape index (κ2) is 7.93. The minimum atomic E-state index is -3.88. The van der Waals surface area contributed by atoms with Gasteiger partial charge in [-0.2, -0.15) is 0 Å². The highest BCUT2D eigenvalue weighted by Gasteiger charge is 2.21. The number of hydrogen-bond acceptors (Lipinski definition) is 6. The fraction of sp³-hybridized carbons (Fsp3) is 0.533. The van der Waals surface area contributed by atoms with Gasteiger partial charge in [0.1, 0.15) is 0 Å². The van der Waals surface area contributed by atoms with Gasteiger partial charge >= 0.3 is 0 Å². The Kier molecular flexibility index (Phi) is 6.16. The Morgan fingerprint density at radius 3 is 2.62 bits per heavy atom. The molecule has 1 aliphatic rings. The fourth-order valence-corrected chi connectivity index (χ4v) is 2.94. The Hall–Kier alpha value is -1.68. The minimum absolute atomic E-state index is 0.0775. The summed E-state index contributed by atoms with van der Waals surface area (Å²) in [6, 6.07) is 4.48. The van der Waals surface area contributed by atoms with Gasteiger partial charge in [-0.25, -0.2) is 13.6 Å². The van der Waals surface area contributed by atoms with Gasteiger partial charge in [-0.1, -0.05) is 0 Å². The number of anilines is 1. The van der Waals surface area contributed by atoms with Crippen LogP contribution in [0.2, 0.25) is 0 Å². The van der Waals surface area contributed by atoms with Crippen molar-refractivity contribution in [2.45, 2.75) is 17.9 Å². The lowest BCUT2D eigenvalue weighted by atomic mass is 10.1. The Balaban J connectivity index is 2.34. The molecule has 1 aromatic carbocycles. The first-order chi connectivity index (χ1) is 11.3. The van der Waals surface area contributed by atoms with Crippen molar-refractivity contribution in [3.63, 3.8) is 0 Å². The molecule has 0 saturated carbocycles. The predicted octanol–water partition coefficient (Wildman–Crippen LogP) is -0.492. The number of carbonyl (C=O) groups is 1. The molecule has 0 bridgehead atoms. The highest BCUT2D eigenvalue weighted by molar-refractivity contribution is 7.89. The smallest absolute Gasteiger partial charge is 0.253 e. The molecule has 4 N–H and O–H groups in total. The van der Waals surface area contributed by atoms with Crippen LogP contribution in [0.15, 0.2) is 23.1 Å². The molecule has 24 heavy (non-hydrogen) atoms. The van der Waals surface area contributed by atoms with Gasteiger partial charge in [0.05, 0.1) is 23.7 Å². The van der Waals surface area contributed by atoms with Crippen LogP contribution in [0, 0.1) is 0 Å². The van der Waals surface area contributed by atoms with Gasteiger partial charge in [-0.15, -0.1) is 0 Å². The third-order valence-electron chi connectivity index (χ3n) is 3.95. The highest BCUT2D eigenvalue weighted by Crippen LogP contribution is 2.24. The summed E-state index contributed by atoms with van der Waals surface area (Å²) in [6.45, 7) is 4.77. The molecule has 9 heteroatoms. The van der Waals surface area contributed by atoms with Crippen LogP contribution in [0.4, 0.5) is 5.69 Å². The number of primary sulfonamides is 1. The summed E-state index contributed by atoms with van der Waals surface area (Å²) in [6.07, 6.45) is 0. The predicted molar refractivity (Wildman–Crippen MR) is 91.7 cm³/mol. The van der Waals surface area contributed by atoms with Crippen molar-refractivity contribution in [3.8, 4) is 0 Å². The summed E-state index contributed by atoms with van der Waals surface area (Å²) in [4.78, 5) is 14.5. The van der Waals surface area contributed by atoms with Crippen molar-refractivity contribution >= 4 is 21.6 Å². The number of rotatable bonds is 6. The number of hydrogen-bond donors (Lipinski definition) is 3. The van der Waals surface area contributed by atoms with Gasteiger partial charge < -0.3 is 20.3 Å². The summed E-state index contributed by atoms with van der Waals surface area (Å²) < 4.78 is 28.5. The average Bonchev–Trinajstić information content (AvgIpc) is 2.58. The topological polar surface area (TPSA) is 114 Å². The molecule has 134 valence electrons. The molecule has 0 aliphatic carbocycles. The van der Waals surface area contributed by atoms with Gasteiger partial charge in [0.15, 0.2) is 0 Å². The molecule has 1 saturated heterocycles. The number of likely N-dealkylation sites (N-methyl/N-ethyl adjacent to an activating group) is 1. The van der Waals surface area contributed by atoms with Crippen molar-refractivity contribution in [1.82, 2.24) is 10.6 Å². The van der Waals surface area contributed by atoms with Gasteiger partial charge in [0.25, 0.3) is 5.91 Å². The van der Waals surface area contributed by atoms with Crippen molar-refractivity contribution < 1.29 is 17.9 Å². The number of sulfonamides is 1. The van der Waals surface area contributed by atoms with E-state index in [1.54, 1.807) is 13.1 Å². The van der Waals surface area contributed by atoms with E-state index in [4.69, 9.17) is 9.88 Å². The molecule has 1 amide bonds. The first-order valence-electron chi connectivity index (χ1n) is 7.78. The maximum Gasteiger partial charge on any atom is 0.253 e. The van der Waals surface area contributed by atoms with Crippen LogP contribution in [0.3, 0.4) is 0 Å². The maximum atomic E-state index is 12.6. The molecule has 8 nitrogen and oxygen atoms in total. The van der Waals surface area contributed by atoms with Gasteiger partial charge in [0, 0.05) is 31.4 Å². The molecular formula is C15H24N4O4S. The molecule has 1 atom stereocenters. The van der Waals surface area contributed by atoms with Crippen LogP contribution in [0.1, 0.15) is 17.3 Å². The molecule has 0 spiro atoms. The number of carbonyl (C=O) groups excluding carboxylic acids is 1. The van der Waals surface area contributed by atoms with Crippen LogP contribution >= 0.6 is 0 Å². The number of nitrogens with one attached hydrogen (secondary N) is 2. The second-order valence-corrected chi connectivity index (χ2v) is 7.28. The SMILES string of the molecule is CNC(C)CNC(=O)c1cc(S(N)(=O)=O)ccc1N1CCOCC1. The summed E-state index contributed by atoms with van der Waals surface area (Å²) in [5.74, 6) is -0.330. The number of nitrogens with two attached hydrogens (primary N) is 1. The van der Waals surface area contributed by atoms with E-state index in [0.29, 0.717) is 44.1 Å². The number of amides is 1. The van der Waals surface area contributed by atoms with Crippen molar-refractivity contribution in [2.75, 3.05) is 44.8 Å².